The van der Waals surface area contributed by atoms with E-state index in [0.717, 1.165) is 50.8 Å². The van der Waals surface area contributed by atoms with Gasteiger partial charge in [0, 0.05) is 44.0 Å². The van der Waals surface area contributed by atoms with Crippen molar-refractivity contribution in [3.63, 3.8) is 0 Å². The van der Waals surface area contributed by atoms with Gasteiger partial charge in [-0.2, -0.15) is 0 Å². The van der Waals surface area contributed by atoms with Gasteiger partial charge in [0.25, 0.3) is 5.56 Å². The lowest BCUT2D eigenvalue weighted by Gasteiger charge is -2.40. The minimum atomic E-state index is -0.139. The molecule has 0 bridgehead atoms. The van der Waals surface area contributed by atoms with Gasteiger partial charge in [0.1, 0.15) is 0 Å². The topological polar surface area (TPSA) is 69.3 Å². The molecule has 0 spiro atoms. The van der Waals surface area contributed by atoms with Gasteiger partial charge in [-0.1, -0.05) is 44.4 Å². The number of aromatic nitrogens is 2. The molecular formula is C19H30N4O2S. The maximum atomic E-state index is 12.5. The number of rotatable bonds is 6. The van der Waals surface area contributed by atoms with Crippen LogP contribution >= 0.6 is 11.8 Å². The molecule has 1 amide bonds. The molecule has 144 valence electrons. The number of amides is 1. The highest BCUT2D eigenvalue weighted by atomic mass is 32.2. The fourth-order valence-corrected chi connectivity index (χ4v) is 4.74. The first kappa shape index (κ1) is 19.4. The minimum Gasteiger partial charge on any atom is -0.339 e. The van der Waals surface area contributed by atoms with Crippen molar-refractivity contribution >= 4 is 17.7 Å². The maximum Gasteiger partial charge on any atom is 0.251 e. The van der Waals surface area contributed by atoms with Crippen molar-refractivity contribution in [2.45, 2.75) is 63.1 Å². The van der Waals surface area contributed by atoms with Crippen LogP contribution in [-0.4, -0.2) is 63.6 Å². The summed E-state index contributed by atoms with van der Waals surface area (Å²) in [6, 6.07) is 2.27. The van der Waals surface area contributed by atoms with Crippen LogP contribution in [0, 0.1) is 0 Å². The quantitative estimate of drug-likeness (QED) is 0.608. The van der Waals surface area contributed by atoms with Crippen molar-refractivity contribution < 1.29 is 4.79 Å². The summed E-state index contributed by atoms with van der Waals surface area (Å²) in [6.07, 6.45) is 8.44. The molecule has 3 rings (SSSR count). The van der Waals surface area contributed by atoms with E-state index in [2.05, 4.69) is 21.8 Å². The monoisotopic (exact) mass is 378 g/mol. The smallest absolute Gasteiger partial charge is 0.251 e. The molecular weight excluding hydrogens is 348 g/mol. The van der Waals surface area contributed by atoms with E-state index >= 15 is 0 Å². The molecule has 1 aliphatic carbocycles. The van der Waals surface area contributed by atoms with Gasteiger partial charge in [-0.05, 0) is 19.3 Å². The number of hydrogen-bond acceptors (Lipinski definition) is 5. The summed E-state index contributed by atoms with van der Waals surface area (Å²) in [5.41, 5.74) is 0.659. The third-order valence-electron chi connectivity index (χ3n) is 5.37. The van der Waals surface area contributed by atoms with Gasteiger partial charge < -0.3 is 9.88 Å². The summed E-state index contributed by atoms with van der Waals surface area (Å²) >= 11 is 1.33. The summed E-state index contributed by atoms with van der Waals surface area (Å²) in [4.78, 5) is 35.9. The summed E-state index contributed by atoms with van der Waals surface area (Å²) in [5, 5.41) is 0.551. The molecule has 0 unspecified atom stereocenters. The number of aryl methyl sites for hydroxylation is 1. The molecule has 2 aliphatic rings. The Kier molecular flexibility index (Phi) is 7.14. The molecule has 26 heavy (non-hydrogen) atoms. The summed E-state index contributed by atoms with van der Waals surface area (Å²) in [5.74, 6) is 0.476. The van der Waals surface area contributed by atoms with Crippen LogP contribution in [0.5, 0.6) is 0 Å². The fourth-order valence-electron chi connectivity index (χ4n) is 3.94. The van der Waals surface area contributed by atoms with E-state index in [1.807, 2.05) is 4.90 Å². The van der Waals surface area contributed by atoms with Crippen LogP contribution in [0.3, 0.4) is 0 Å². The zero-order valence-electron chi connectivity index (χ0n) is 15.7. The Hall–Kier alpha value is -1.34. The molecule has 0 aromatic carbocycles. The van der Waals surface area contributed by atoms with Gasteiger partial charge in [0.05, 0.1) is 5.75 Å². The molecule has 1 N–H and O–H groups in total. The Balaban J connectivity index is 1.46. The standard InChI is InChI=1S/C19H30N4O2S/c1-2-6-15-13-17(24)21-19(20-15)26-14-18(25)23-11-9-22(10-12-23)16-7-4-3-5-8-16/h13,16H,2-12,14H2,1H3,(H,20,21,24). The van der Waals surface area contributed by atoms with Crippen molar-refractivity contribution in [2.75, 3.05) is 31.9 Å². The van der Waals surface area contributed by atoms with Crippen LogP contribution in [0.4, 0.5) is 0 Å². The molecule has 1 aromatic heterocycles. The van der Waals surface area contributed by atoms with E-state index in [9.17, 15) is 9.59 Å². The van der Waals surface area contributed by atoms with Crippen LogP contribution in [0.15, 0.2) is 16.0 Å². The van der Waals surface area contributed by atoms with Crippen LogP contribution in [0.1, 0.15) is 51.1 Å². The Labute approximate surface area is 159 Å². The van der Waals surface area contributed by atoms with Crippen LogP contribution in [-0.2, 0) is 11.2 Å². The highest BCUT2D eigenvalue weighted by molar-refractivity contribution is 7.99. The van der Waals surface area contributed by atoms with E-state index in [1.54, 1.807) is 6.07 Å². The fraction of sp³-hybridized carbons (Fsp3) is 0.737. The number of H-pyrrole nitrogens is 1. The second-order valence-corrected chi connectivity index (χ2v) is 8.25. The molecule has 1 aromatic rings. The maximum absolute atomic E-state index is 12.5. The average molecular weight is 379 g/mol. The summed E-state index contributed by atoms with van der Waals surface area (Å²) in [6.45, 7) is 5.67. The van der Waals surface area contributed by atoms with Gasteiger partial charge >= 0.3 is 0 Å². The van der Waals surface area contributed by atoms with Gasteiger partial charge in [-0.25, -0.2) is 4.98 Å². The van der Waals surface area contributed by atoms with Gasteiger partial charge in [0.15, 0.2) is 5.16 Å². The highest BCUT2D eigenvalue weighted by Gasteiger charge is 2.27. The van der Waals surface area contributed by atoms with Crippen molar-refractivity contribution in [3.05, 3.63) is 22.1 Å². The molecule has 1 saturated heterocycles. The van der Waals surface area contributed by atoms with Crippen molar-refractivity contribution in [3.8, 4) is 0 Å². The molecule has 6 nitrogen and oxygen atoms in total. The van der Waals surface area contributed by atoms with E-state index in [1.165, 1.54) is 43.9 Å². The predicted molar refractivity (Wildman–Crippen MR) is 105 cm³/mol. The van der Waals surface area contributed by atoms with Crippen LogP contribution in [0.25, 0.3) is 0 Å². The lowest BCUT2D eigenvalue weighted by molar-refractivity contribution is -0.130. The number of carbonyl (C=O) groups excluding carboxylic acids is 1. The second-order valence-electron chi connectivity index (χ2n) is 7.29. The second kappa shape index (κ2) is 9.55. The first-order chi connectivity index (χ1) is 12.7. The number of nitrogens with one attached hydrogen (secondary N) is 1. The minimum absolute atomic E-state index is 0.139. The normalized spacial score (nSPS) is 19.7. The number of carbonyl (C=O) groups is 1. The van der Waals surface area contributed by atoms with Crippen LogP contribution < -0.4 is 5.56 Å². The molecule has 2 heterocycles. The Morgan fingerprint density at radius 1 is 1.23 bits per heavy atom. The molecule has 0 atom stereocenters. The van der Waals surface area contributed by atoms with Gasteiger partial charge in [-0.15, -0.1) is 0 Å². The lowest BCUT2D eigenvalue weighted by Crippen LogP contribution is -2.52. The number of thioether (sulfide) groups is 1. The van der Waals surface area contributed by atoms with Crippen molar-refractivity contribution in [1.82, 2.24) is 19.8 Å². The molecule has 0 radical (unpaired) electrons. The first-order valence-electron chi connectivity index (χ1n) is 9.90. The third-order valence-corrected chi connectivity index (χ3v) is 6.23. The Morgan fingerprint density at radius 3 is 2.65 bits per heavy atom. The number of nitrogens with zero attached hydrogens (tertiary/aromatic N) is 3. The van der Waals surface area contributed by atoms with Gasteiger partial charge in [-0.3, -0.25) is 14.5 Å². The van der Waals surface area contributed by atoms with Crippen molar-refractivity contribution in [2.24, 2.45) is 0 Å². The largest absolute Gasteiger partial charge is 0.339 e. The van der Waals surface area contributed by atoms with E-state index in [-0.39, 0.29) is 11.5 Å². The number of hydrogen-bond donors (Lipinski definition) is 1. The number of piperazine rings is 1. The Morgan fingerprint density at radius 2 is 1.96 bits per heavy atom. The lowest BCUT2D eigenvalue weighted by atomic mass is 9.94. The summed E-state index contributed by atoms with van der Waals surface area (Å²) in [7, 11) is 0. The van der Waals surface area contributed by atoms with E-state index < -0.39 is 0 Å². The SMILES string of the molecule is CCCc1cc(=O)[nH]c(SCC(=O)N2CCN(C3CCCCC3)CC2)n1. The summed E-state index contributed by atoms with van der Waals surface area (Å²) < 4.78 is 0. The number of aromatic amines is 1. The molecule has 1 saturated carbocycles. The molecule has 2 fully saturated rings. The molecule has 7 heteroatoms. The third kappa shape index (κ3) is 5.33. The zero-order valence-corrected chi connectivity index (χ0v) is 16.5. The zero-order chi connectivity index (χ0) is 18.4. The highest BCUT2D eigenvalue weighted by Crippen LogP contribution is 2.23. The van der Waals surface area contributed by atoms with Crippen LogP contribution in [0.2, 0.25) is 0 Å². The molecule has 1 aliphatic heterocycles. The van der Waals surface area contributed by atoms with Crippen molar-refractivity contribution in [1.29, 1.82) is 0 Å². The Bertz CT molecular complexity index is 649. The first-order valence-corrected chi connectivity index (χ1v) is 10.9. The average Bonchev–Trinajstić information content (AvgIpc) is 2.67. The van der Waals surface area contributed by atoms with Gasteiger partial charge in [0.2, 0.25) is 5.91 Å². The van der Waals surface area contributed by atoms with E-state index in [4.69, 9.17) is 0 Å². The predicted octanol–water partition coefficient (Wildman–Crippen LogP) is 2.29. The van der Waals surface area contributed by atoms with E-state index in [0.29, 0.717) is 10.9 Å².